The van der Waals surface area contributed by atoms with Crippen molar-refractivity contribution in [2.75, 3.05) is 6.54 Å². The quantitative estimate of drug-likeness (QED) is 0.209. The second-order valence-corrected chi connectivity index (χ2v) is 8.27. The number of amides is 1. The largest absolute Gasteiger partial charge is 0.462 e. The molecular formula is C25H53NO3. The van der Waals surface area contributed by atoms with Gasteiger partial charge in [-0.25, -0.2) is 0 Å². The fourth-order valence-electron chi connectivity index (χ4n) is 2.73. The summed E-state index contributed by atoms with van der Waals surface area (Å²) >= 11 is 0. The number of nitrogens with one attached hydrogen (secondary N) is 1. The molecule has 0 atom stereocenters. The smallest absolute Gasteiger partial charge is 0.293 e. The van der Waals surface area contributed by atoms with Crippen molar-refractivity contribution in [1.29, 1.82) is 0 Å². The maximum absolute atomic E-state index is 11.2. The molecule has 0 aromatic heterocycles. The molecule has 0 aromatic rings. The van der Waals surface area contributed by atoms with Crippen LogP contribution in [0.1, 0.15) is 138 Å². The Labute approximate surface area is 182 Å². The second kappa shape index (κ2) is 26.9. The van der Waals surface area contributed by atoms with Crippen molar-refractivity contribution in [2.24, 2.45) is 0 Å². The lowest BCUT2D eigenvalue weighted by atomic mass is 10.0. The molecule has 0 unspecified atom stereocenters. The fourth-order valence-corrected chi connectivity index (χ4v) is 2.73. The third-order valence-electron chi connectivity index (χ3n) is 4.28. The van der Waals surface area contributed by atoms with E-state index in [4.69, 9.17) is 0 Å². The highest BCUT2D eigenvalue weighted by Crippen LogP contribution is 2.12. The van der Waals surface area contributed by atoms with Crippen molar-refractivity contribution in [1.82, 2.24) is 5.32 Å². The molecule has 0 heterocycles. The number of hydrogen-bond donors (Lipinski definition) is 1. The maximum atomic E-state index is 11.2. The zero-order chi connectivity index (χ0) is 22.8. The Morgan fingerprint density at radius 1 is 0.759 bits per heavy atom. The van der Waals surface area contributed by atoms with Crippen molar-refractivity contribution in [2.45, 2.75) is 144 Å². The summed E-state index contributed by atoms with van der Waals surface area (Å²) in [5.41, 5.74) is -0.318. The zero-order valence-electron chi connectivity index (χ0n) is 20.9. The summed E-state index contributed by atoms with van der Waals surface area (Å²) in [4.78, 5) is 20.8. The molecule has 176 valence electrons. The molecular weight excluding hydrogens is 362 g/mol. The minimum absolute atomic E-state index is 0.218. The van der Waals surface area contributed by atoms with Crippen LogP contribution in [0.5, 0.6) is 0 Å². The molecule has 0 spiro atoms. The van der Waals surface area contributed by atoms with Gasteiger partial charge in [-0.15, -0.1) is 0 Å². The van der Waals surface area contributed by atoms with Gasteiger partial charge in [0.1, 0.15) is 5.60 Å². The Balaban J connectivity index is -0.000000629. The monoisotopic (exact) mass is 415 g/mol. The van der Waals surface area contributed by atoms with Gasteiger partial charge in [-0.05, 0) is 34.1 Å². The van der Waals surface area contributed by atoms with Crippen molar-refractivity contribution in [3.05, 3.63) is 0 Å². The van der Waals surface area contributed by atoms with E-state index in [0.717, 1.165) is 13.0 Å². The van der Waals surface area contributed by atoms with Crippen LogP contribution in [0.25, 0.3) is 0 Å². The van der Waals surface area contributed by atoms with Gasteiger partial charge in [-0.3, -0.25) is 9.59 Å². The summed E-state index contributed by atoms with van der Waals surface area (Å²) in [5, 5.41) is 2.85. The van der Waals surface area contributed by atoms with Crippen LogP contribution >= 0.6 is 0 Å². The van der Waals surface area contributed by atoms with E-state index in [1.165, 1.54) is 77.0 Å². The molecule has 1 N–H and O–H groups in total. The van der Waals surface area contributed by atoms with Crippen molar-refractivity contribution >= 4 is 12.4 Å². The molecule has 4 heteroatoms. The highest BCUT2D eigenvalue weighted by atomic mass is 16.5. The van der Waals surface area contributed by atoms with Crippen LogP contribution in [-0.4, -0.2) is 24.5 Å². The summed E-state index contributed by atoms with van der Waals surface area (Å²) in [6, 6.07) is 0. The molecule has 0 saturated carbocycles. The molecule has 0 rings (SSSR count). The van der Waals surface area contributed by atoms with Gasteiger partial charge < -0.3 is 10.1 Å². The Morgan fingerprint density at radius 2 is 1.14 bits per heavy atom. The maximum Gasteiger partial charge on any atom is 0.293 e. The van der Waals surface area contributed by atoms with Crippen LogP contribution in [0, 0.1) is 0 Å². The Kier molecular flexibility index (Phi) is 30.3. The third-order valence-corrected chi connectivity index (χ3v) is 4.28. The fraction of sp³-hybridized carbons (Fsp3) is 0.920. The van der Waals surface area contributed by atoms with Crippen molar-refractivity contribution < 1.29 is 14.3 Å². The number of hydrogen-bond acceptors (Lipinski definition) is 3. The predicted molar refractivity (Wildman–Crippen MR) is 127 cm³/mol. The van der Waals surface area contributed by atoms with Gasteiger partial charge in [-0.1, -0.05) is 97.8 Å². The van der Waals surface area contributed by atoms with Gasteiger partial charge in [0.2, 0.25) is 5.91 Å². The summed E-state index contributed by atoms with van der Waals surface area (Å²) in [5.74, 6) is 0.218. The molecule has 0 aliphatic heterocycles. The lowest BCUT2D eigenvalue weighted by molar-refractivity contribution is -0.138. The van der Waals surface area contributed by atoms with Gasteiger partial charge in [0.15, 0.2) is 0 Å². The summed E-state index contributed by atoms with van der Waals surface area (Å²) < 4.78 is 4.55. The first kappa shape index (κ1) is 32.6. The first-order valence-corrected chi connectivity index (χ1v) is 12.3. The van der Waals surface area contributed by atoms with Crippen LogP contribution < -0.4 is 5.32 Å². The molecule has 0 aliphatic carbocycles. The van der Waals surface area contributed by atoms with Crippen LogP contribution in [0.15, 0.2) is 0 Å². The second-order valence-electron chi connectivity index (χ2n) is 8.27. The molecule has 0 fully saturated rings. The standard InChI is InChI=1S/C18H37NO.C5H10O2.C2H6/c1-3-5-6-7-8-9-10-11-12-13-14-15-16-17-18(20)19-4-2;1-5(2,3)7-4-6;1-2/h3-17H2,1-2H3,(H,19,20);4H,1-3H3;1-2H3. The third kappa shape index (κ3) is 38.2. The van der Waals surface area contributed by atoms with Gasteiger partial charge in [0, 0.05) is 13.0 Å². The lowest BCUT2D eigenvalue weighted by Gasteiger charge is -2.14. The van der Waals surface area contributed by atoms with Gasteiger partial charge in [-0.2, -0.15) is 0 Å². The molecule has 0 aromatic carbocycles. The first-order valence-electron chi connectivity index (χ1n) is 12.3. The zero-order valence-corrected chi connectivity index (χ0v) is 20.9. The number of rotatable bonds is 16. The number of carbonyl (C=O) groups is 2. The Hall–Kier alpha value is -1.06. The topological polar surface area (TPSA) is 55.4 Å². The first-order chi connectivity index (χ1) is 13.9. The van der Waals surface area contributed by atoms with Crippen LogP contribution in [-0.2, 0) is 14.3 Å². The summed E-state index contributed by atoms with van der Waals surface area (Å²) in [6.45, 7) is 14.9. The number of carbonyl (C=O) groups excluding carboxylic acids is 2. The SMILES string of the molecule is CC.CC(C)(C)OC=O.CCCCCCCCCCCCCCCC(=O)NCC. The Morgan fingerprint density at radius 3 is 1.41 bits per heavy atom. The summed E-state index contributed by atoms with van der Waals surface area (Å²) in [6.07, 6.45) is 18.4. The van der Waals surface area contributed by atoms with Crippen molar-refractivity contribution in [3.63, 3.8) is 0 Å². The number of unbranched alkanes of at least 4 members (excludes halogenated alkanes) is 12. The van der Waals surface area contributed by atoms with E-state index in [0.29, 0.717) is 12.9 Å². The van der Waals surface area contributed by atoms with E-state index in [1.54, 1.807) is 0 Å². The van der Waals surface area contributed by atoms with Gasteiger partial charge in [0.25, 0.3) is 6.47 Å². The Bertz CT molecular complexity index is 325. The van der Waals surface area contributed by atoms with E-state index < -0.39 is 0 Å². The molecule has 4 nitrogen and oxygen atoms in total. The van der Waals surface area contributed by atoms with Crippen LogP contribution in [0.3, 0.4) is 0 Å². The minimum Gasteiger partial charge on any atom is -0.462 e. The van der Waals surface area contributed by atoms with Crippen molar-refractivity contribution in [3.8, 4) is 0 Å². The van der Waals surface area contributed by atoms with E-state index in [-0.39, 0.29) is 11.5 Å². The molecule has 0 aliphatic rings. The van der Waals surface area contributed by atoms with E-state index in [1.807, 2.05) is 41.5 Å². The van der Waals surface area contributed by atoms with Gasteiger partial charge >= 0.3 is 0 Å². The average Bonchev–Trinajstić information content (AvgIpc) is 2.67. The van der Waals surface area contributed by atoms with E-state index >= 15 is 0 Å². The lowest BCUT2D eigenvalue weighted by Crippen LogP contribution is -2.21. The van der Waals surface area contributed by atoms with Gasteiger partial charge in [0.05, 0.1) is 0 Å². The molecule has 0 saturated heterocycles. The van der Waals surface area contributed by atoms with Crippen LogP contribution in [0.4, 0.5) is 0 Å². The minimum atomic E-state index is -0.318. The normalized spacial score (nSPS) is 10.2. The summed E-state index contributed by atoms with van der Waals surface area (Å²) in [7, 11) is 0. The highest BCUT2D eigenvalue weighted by molar-refractivity contribution is 5.75. The molecule has 0 bridgehead atoms. The molecule has 1 amide bonds. The average molecular weight is 416 g/mol. The van der Waals surface area contributed by atoms with Crippen LogP contribution in [0.2, 0.25) is 0 Å². The predicted octanol–water partition coefficient (Wildman–Crippen LogP) is 7.59. The molecule has 0 radical (unpaired) electrons. The number of ether oxygens (including phenoxy) is 1. The highest BCUT2D eigenvalue weighted by Gasteiger charge is 2.07. The van der Waals surface area contributed by atoms with E-state index in [9.17, 15) is 9.59 Å². The van der Waals surface area contributed by atoms with E-state index in [2.05, 4.69) is 17.0 Å². The molecule has 29 heavy (non-hydrogen) atoms.